The van der Waals surface area contributed by atoms with E-state index in [9.17, 15) is 5.26 Å². The summed E-state index contributed by atoms with van der Waals surface area (Å²) in [5, 5.41) is 15.6. The number of aryl methyl sites for hydroxylation is 1. The molecule has 3 rings (SSSR count). The molecule has 0 amide bonds. The Balaban J connectivity index is 1.87. The van der Waals surface area contributed by atoms with E-state index in [1.165, 1.54) is 0 Å². The minimum atomic E-state index is 0.545. The van der Waals surface area contributed by atoms with Crippen LogP contribution in [-0.4, -0.2) is 24.2 Å². The summed E-state index contributed by atoms with van der Waals surface area (Å²) in [6.45, 7) is 1.81. The first kappa shape index (κ1) is 18.0. The zero-order chi connectivity index (χ0) is 19.2. The van der Waals surface area contributed by atoms with Gasteiger partial charge in [-0.05, 0) is 31.2 Å². The summed E-state index contributed by atoms with van der Waals surface area (Å²) in [5.41, 5.74) is 2.03. The van der Waals surface area contributed by atoms with Crippen LogP contribution in [0.4, 0.5) is 23.0 Å². The summed E-state index contributed by atoms with van der Waals surface area (Å²) in [7, 11) is 3.18. The third-order valence-electron chi connectivity index (χ3n) is 3.80. The third kappa shape index (κ3) is 4.25. The zero-order valence-corrected chi connectivity index (χ0v) is 15.3. The average Bonchev–Trinajstić information content (AvgIpc) is 2.67. The van der Waals surface area contributed by atoms with Gasteiger partial charge in [-0.2, -0.15) is 5.26 Å². The third-order valence-corrected chi connectivity index (χ3v) is 3.80. The Hall–Kier alpha value is -3.79. The van der Waals surface area contributed by atoms with Gasteiger partial charge in [0.05, 0.1) is 25.5 Å². The van der Waals surface area contributed by atoms with Gasteiger partial charge in [0.15, 0.2) is 11.5 Å². The topological polar surface area (TPSA) is 92.1 Å². The molecular weight excluding hydrogens is 342 g/mol. The summed E-state index contributed by atoms with van der Waals surface area (Å²) in [5.74, 6) is 3.07. The van der Waals surface area contributed by atoms with E-state index in [0.717, 1.165) is 5.69 Å². The van der Waals surface area contributed by atoms with Gasteiger partial charge >= 0.3 is 0 Å². The molecular formula is C20H19N5O2. The molecule has 0 atom stereocenters. The number of aromatic nitrogens is 2. The van der Waals surface area contributed by atoms with Crippen LogP contribution in [0.1, 0.15) is 11.4 Å². The highest BCUT2D eigenvalue weighted by atomic mass is 16.5. The second-order valence-electron chi connectivity index (χ2n) is 5.66. The van der Waals surface area contributed by atoms with E-state index in [2.05, 4.69) is 26.7 Å². The second-order valence-corrected chi connectivity index (χ2v) is 5.66. The lowest BCUT2D eigenvalue weighted by Crippen LogP contribution is -2.02. The molecule has 0 saturated carbocycles. The first-order valence-electron chi connectivity index (χ1n) is 8.24. The number of para-hydroxylation sites is 1. The maximum absolute atomic E-state index is 9.24. The highest BCUT2D eigenvalue weighted by Gasteiger charge is 2.08. The van der Waals surface area contributed by atoms with Crippen LogP contribution in [-0.2, 0) is 0 Å². The average molecular weight is 361 g/mol. The quantitative estimate of drug-likeness (QED) is 0.681. The fraction of sp³-hybridized carbons (Fsp3) is 0.150. The molecule has 7 nitrogen and oxygen atoms in total. The van der Waals surface area contributed by atoms with E-state index in [1.807, 2.05) is 36.4 Å². The summed E-state index contributed by atoms with van der Waals surface area (Å²) in [6, 6.07) is 16.7. The van der Waals surface area contributed by atoms with Crippen molar-refractivity contribution in [2.75, 3.05) is 24.9 Å². The largest absolute Gasteiger partial charge is 0.493 e. The van der Waals surface area contributed by atoms with Crippen molar-refractivity contribution in [1.82, 2.24) is 9.97 Å². The molecule has 0 aliphatic heterocycles. The number of anilines is 4. The smallest absolute Gasteiger partial charge is 0.162 e. The van der Waals surface area contributed by atoms with Crippen LogP contribution < -0.4 is 20.1 Å². The molecule has 0 aliphatic rings. The SMILES string of the molecule is COc1ccc(Nc2cc(Nc3ccccc3C#N)nc(C)n2)cc1OC. The minimum absolute atomic E-state index is 0.545. The van der Waals surface area contributed by atoms with Crippen molar-refractivity contribution in [3.63, 3.8) is 0 Å². The number of benzene rings is 2. The van der Waals surface area contributed by atoms with Gasteiger partial charge in [-0.15, -0.1) is 0 Å². The summed E-state index contributed by atoms with van der Waals surface area (Å²) >= 11 is 0. The number of nitrogens with one attached hydrogen (secondary N) is 2. The molecule has 1 aromatic heterocycles. The number of nitrogens with zero attached hydrogens (tertiary/aromatic N) is 3. The molecule has 0 radical (unpaired) electrons. The first-order valence-corrected chi connectivity index (χ1v) is 8.24. The number of ether oxygens (including phenoxy) is 2. The van der Waals surface area contributed by atoms with Gasteiger partial charge in [-0.1, -0.05) is 12.1 Å². The first-order chi connectivity index (χ1) is 13.1. The van der Waals surface area contributed by atoms with Crippen LogP contribution in [0, 0.1) is 18.3 Å². The van der Waals surface area contributed by atoms with Crippen molar-refractivity contribution in [1.29, 1.82) is 5.26 Å². The molecule has 1 heterocycles. The van der Waals surface area contributed by atoms with Crippen LogP contribution in [0.3, 0.4) is 0 Å². The van der Waals surface area contributed by atoms with E-state index in [1.54, 1.807) is 33.3 Å². The van der Waals surface area contributed by atoms with E-state index in [4.69, 9.17) is 9.47 Å². The number of methoxy groups -OCH3 is 2. The van der Waals surface area contributed by atoms with Gasteiger partial charge in [0, 0.05) is 17.8 Å². The number of rotatable bonds is 6. The summed E-state index contributed by atoms with van der Waals surface area (Å²) < 4.78 is 10.6. The van der Waals surface area contributed by atoms with Gasteiger partial charge in [-0.3, -0.25) is 0 Å². The molecule has 2 aromatic carbocycles. The molecule has 136 valence electrons. The molecule has 0 unspecified atom stereocenters. The molecule has 0 fully saturated rings. The summed E-state index contributed by atoms with van der Waals surface area (Å²) in [4.78, 5) is 8.80. The van der Waals surface area contributed by atoms with Gasteiger partial charge in [0.2, 0.25) is 0 Å². The van der Waals surface area contributed by atoms with Crippen LogP contribution in [0.5, 0.6) is 11.5 Å². The lowest BCUT2D eigenvalue weighted by Gasteiger charge is -2.13. The molecule has 0 aliphatic carbocycles. The monoisotopic (exact) mass is 361 g/mol. The highest BCUT2D eigenvalue weighted by Crippen LogP contribution is 2.31. The van der Waals surface area contributed by atoms with Gasteiger partial charge in [0.1, 0.15) is 23.5 Å². The number of hydrogen-bond acceptors (Lipinski definition) is 7. The van der Waals surface area contributed by atoms with Crippen LogP contribution >= 0.6 is 0 Å². The van der Waals surface area contributed by atoms with Crippen molar-refractivity contribution >= 4 is 23.0 Å². The molecule has 0 spiro atoms. The van der Waals surface area contributed by atoms with Crippen molar-refractivity contribution in [3.8, 4) is 17.6 Å². The Morgan fingerprint density at radius 1 is 0.889 bits per heavy atom. The van der Waals surface area contributed by atoms with Crippen molar-refractivity contribution in [3.05, 3.63) is 59.9 Å². The molecule has 27 heavy (non-hydrogen) atoms. The molecule has 2 N–H and O–H groups in total. The maximum Gasteiger partial charge on any atom is 0.162 e. The Labute approximate surface area is 157 Å². The summed E-state index contributed by atoms with van der Waals surface area (Å²) in [6.07, 6.45) is 0. The van der Waals surface area contributed by atoms with Crippen molar-refractivity contribution < 1.29 is 9.47 Å². The fourth-order valence-corrected chi connectivity index (χ4v) is 2.59. The lowest BCUT2D eigenvalue weighted by atomic mass is 10.2. The molecule has 7 heteroatoms. The zero-order valence-electron chi connectivity index (χ0n) is 15.3. The Morgan fingerprint density at radius 2 is 1.59 bits per heavy atom. The van der Waals surface area contributed by atoms with Crippen LogP contribution in [0.15, 0.2) is 48.5 Å². The normalized spacial score (nSPS) is 10.0. The number of nitriles is 1. The predicted molar refractivity (Wildman–Crippen MR) is 104 cm³/mol. The van der Waals surface area contributed by atoms with Crippen LogP contribution in [0.2, 0.25) is 0 Å². The molecule has 0 saturated heterocycles. The lowest BCUT2D eigenvalue weighted by molar-refractivity contribution is 0.355. The Bertz CT molecular complexity index is 998. The second kappa shape index (κ2) is 8.06. The number of hydrogen-bond donors (Lipinski definition) is 2. The molecule has 3 aromatic rings. The van der Waals surface area contributed by atoms with E-state index in [0.29, 0.717) is 40.2 Å². The predicted octanol–water partition coefficient (Wildman–Crippen LogP) is 4.16. The molecule has 0 bridgehead atoms. The van der Waals surface area contributed by atoms with Gasteiger partial charge in [-0.25, -0.2) is 9.97 Å². The van der Waals surface area contributed by atoms with E-state index < -0.39 is 0 Å². The maximum atomic E-state index is 9.24. The van der Waals surface area contributed by atoms with E-state index >= 15 is 0 Å². The standard InChI is InChI=1S/C20H19N5O2/c1-13-22-19(24-15-8-9-17(26-2)18(10-15)27-3)11-20(23-13)25-16-7-5-4-6-14(16)12-21/h4-11H,1-3H3,(H2,22,23,24,25). The van der Waals surface area contributed by atoms with Gasteiger partial charge in [0.25, 0.3) is 0 Å². The Kier molecular flexibility index (Phi) is 5.38. The van der Waals surface area contributed by atoms with Crippen molar-refractivity contribution in [2.24, 2.45) is 0 Å². The van der Waals surface area contributed by atoms with Crippen LogP contribution in [0.25, 0.3) is 0 Å². The Morgan fingerprint density at radius 3 is 2.30 bits per heavy atom. The van der Waals surface area contributed by atoms with Gasteiger partial charge < -0.3 is 20.1 Å². The van der Waals surface area contributed by atoms with E-state index in [-0.39, 0.29) is 0 Å². The fourth-order valence-electron chi connectivity index (χ4n) is 2.59. The minimum Gasteiger partial charge on any atom is -0.493 e. The van der Waals surface area contributed by atoms with Crippen molar-refractivity contribution in [2.45, 2.75) is 6.92 Å². The highest BCUT2D eigenvalue weighted by molar-refractivity contribution is 5.68.